The van der Waals surface area contributed by atoms with Crippen LogP contribution in [0.25, 0.3) is 0 Å². The molecule has 0 radical (unpaired) electrons. The van der Waals surface area contributed by atoms with E-state index in [4.69, 9.17) is 15.2 Å². The minimum atomic E-state index is -0.520. The fourth-order valence-electron chi connectivity index (χ4n) is 4.21. The molecular weight excluding hydrogens is 418 g/mol. The maximum Gasteiger partial charge on any atom is 0.239 e. The molecule has 2 aromatic carbocycles. The summed E-state index contributed by atoms with van der Waals surface area (Å²) in [7, 11) is 0. The van der Waals surface area contributed by atoms with Crippen LogP contribution in [-0.2, 0) is 11.2 Å². The molecule has 1 fully saturated rings. The molecule has 1 atom stereocenters. The zero-order chi connectivity index (χ0) is 23.4. The van der Waals surface area contributed by atoms with Crippen molar-refractivity contribution in [3.8, 4) is 11.5 Å². The highest BCUT2D eigenvalue weighted by molar-refractivity contribution is 6.14. The van der Waals surface area contributed by atoms with Gasteiger partial charge in [-0.3, -0.25) is 14.5 Å². The summed E-state index contributed by atoms with van der Waals surface area (Å²) >= 11 is 0. The van der Waals surface area contributed by atoms with Crippen molar-refractivity contribution in [2.24, 2.45) is 5.73 Å². The number of nitrogens with zero attached hydrogens (tertiary/aromatic N) is 2. The molecule has 0 spiro atoms. The zero-order valence-electron chi connectivity index (χ0n) is 19.3. The molecule has 1 amide bonds. The molecule has 174 valence electrons. The highest BCUT2D eigenvalue weighted by Gasteiger charge is 2.32. The van der Waals surface area contributed by atoms with Gasteiger partial charge in [0.15, 0.2) is 5.76 Å². The minimum absolute atomic E-state index is 0.00295. The van der Waals surface area contributed by atoms with E-state index >= 15 is 0 Å². The van der Waals surface area contributed by atoms with E-state index in [9.17, 15) is 9.59 Å². The second kappa shape index (κ2) is 10.2. The number of hydrogen-bond acceptors (Lipinski definition) is 6. The lowest BCUT2D eigenvalue weighted by atomic mass is 10.1. The molecular formula is C26H31N3O4. The molecule has 2 aliphatic rings. The second-order valence-corrected chi connectivity index (χ2v) is 8.70. The van der Waals surface area contributed by atoms with Gasteiger partial charge in [0, 0.05) is 32.7 Å². The van der Waals surface area contributed by atoms with E-state index in [-0.39, 0.29) is 11.7 Å². The Bertz CT molecular complexity index is 1040. The predicted octanol–water partition coefficient (Wildman–Crippen LogP) is 2.65. The summed E-state index contributed by atoms with van der Waals surface area (Å²) in [5.74, 6) is 1.36. The Labute approximate surface area is 194 Å². The standard InChI is InChI=1S/C26H31N3O4/c1-18(2)25-24(30)23-21(9-6-10-22(23)33-25)32-16-15-28-11-13-29(14-12-28)26(31)20(27)17-19-7-4-3-5-8-19/h3-10,20H,11-17,27H2,1-2H3. The van der Waals surface area contributed by atoms with E-state index in [0.29, 0.717) is 55.5 Å². The summed E-state index contributed by atoms with van der Waals surface area (Å²) in [4.78, 5) is 29.5. The van der Waals surface area contributed by atoms with E-state index in [0.717, 1.165) is 24.2 Å². The van der Waals surface area contributed by atoms with Crippen molar-refractivity contribution in [1.29, 1.82) is 0 Å². The lowest BCUT2D eigenvalue weighted by Crippen LogP contribution is -2.54. The number of fused-ring (bicyclic) bond motifs is 1. The van der Waals surface area contributed by atoms with Gasteiger partial charge >= 0.3 is 0 Å². The van der Waals surface area contributed by atoms with Crippen molar-refractivity contribution in [3.05, 3.63) is 71.0 Å². The Balaban J connectivity index is 1.24. The summed E-state index contributed by atoms with van der Waals surface area (Å²) in [6, 6.07) is 14.8. The Hall–Kier alpha value is -3.16. The molecule has 2 N–H and O–H groups in total. The van der Waals surface area contributed by atoms with Gasteiger partial charge in [-0.15, -0.1) is 0 Å². The van der Waals surface area contributed by atoms with E-state index in [1.54, 1.807) is 12.1 Å². The second-order valence-electron chi connectivity index (χ2n) is 8.70. The van der Waals surface area contributed by atoms with Crippen LogP contribution in [0.3, 0.4) is 0 Å². The first-order valence-corrected chi connectivity index (χ1v) is 11.4. The third-order valence-corrected chi connectivity index (χ3v) is 6.05. The van der Waals surface area contributed by atoms with Crippen LogP contribution < -0.4 is 15.2 Å². The lowest BCUT2D eigenvalue weighted by Gasteiger charge is -2.35. The Morgan fingerprint density at radius 2 is 1.79 bits per heavy atom. The maximum atomic E-state index is 12.7. The van der Waals surface area contributed by atoms with E-state index in [1.807, 2.05) is 55.1 Å². The van der Waals surface area contributed by atoms with E-state index in [1.165, 1.54) is 0 Å². The topological polar surface area (TPSA) is 85.1 Å². The van der Waals surface area contributed by atoms with Crippen molar-refractivity contribution in [2.75, 3.05) is 39.3 Å². The number of carbonyl (C=O) groups excluding carboxylic acids is 2. The van der Waals surface area contributed by atoms with Crippen molar-refractivity contribution in [1.82, 2.24) is 9.80 Å². The summed E-state index contributed by atoms with van der Waals surface area (Å²) in [6.07, 6.45) is 0.548. The number of ether oxygens (including phenoxy) is 2. The number of Topliss-reactive ketones (excluding diaryl/α,β-unsaturated/α-hetero) is 1. The number of rotatable bonds is 7. The van der Waals surface area contributed by atoms with Gasteiger partial charge in [0.1, 0.15) is 23.7 Å². The zero-order valence-corrected chi connectivity index (χ0v) is 19.3. The molecule has 2 heterocycles. The molecule has 0 aliphatic carbocycles. The summed E-state index contributed by atoms with van der Waals surface area (Å²) < 4.78 is 11.7. The average molecular weight is 450 g/mol. The van der Waals surface area contributed by atoms with Gasteiger partial charge < -0.3 is 20.1 Å². The van der Waals surface area contributed by atoms with Crippen LogP contribution in [0.5, 0.6) is 11.5 Å². The third kappa shape index (κ3) is 5.26. The number of piperazine rings is 1. The number of hydrogen-bond donors (Lipinski definition) is 1. The third-order valence-electron chi connectivity index (χ3n) is 6.05. The number of nitrogens with two attached hydrogens (primary N) is 1. The normalized spacial score (nSPS) is 16.9. The molecule has 7 nitrogen and oxygen atoms in total. The SMILES string of the molecule is CC(C)=C1Oc2cccc(OCCN3CCN(C(=O)C(N)Cc4ccccc4)CC3)c2C1=O. The molecule has 1 saturated heterocycles. The highest BCUT2D eigenvalue weighted by atomic mass is 16.5. The molecule has 2 aromatic rings. The van der Waals surface area contributed by atoms with Crippen molar-refractivity contribution in [2.45, 2.75) is 26.3 Å². The lowest BCUT2D eigenvalue weighted by molar-refractivity contribution is -0.134. The predicted molar refractivity (Wildman–Crippen MR) is 126 cm³/mol. The van der Waals surface area contributed by atoms with Crippen LogP contribution in [0.2, 0.25) is 0 Å². The maximum absolute atomic E-state index is 12.7. The van der Waals surface area contributed by atoms with Crippen molar-refractivity contribution >= 4 is 11.7 Å². The fourth-order valence-corrected chi connectivity index (χ4v) is 4.21. The van der Waals surface area contributed by atoms with Crippen LogP contribution >= 0.6 is 0 Å². The summed E-state index contributed by atoms with van der Waals surface area (Å²) in [5.41, 5.74) is 8.59. The van der Waals surface area contributed by atoms with Gasteiger partial charge in [-0.1, -0.05) is 36.4 Å². The molecule has 0 bridgehead atoms. The fraction of sp³-hybridized carbons (Fsp3) is 0.385. The Morgan fingerprint density at radius 1 is 1.06 bits per heavy atom. The first-order valence-electron chi connectivity index (χ1n) is 11.4. The molecule has 2 aliphatic heterocycles. The van der Waals surface area contributed by atoms with Crippen LogP contribution in [0, 0.1) is 0 Å². The van der Waals surface area contributed by atoms with E-state index < -0.39 is 6.04 Å². The van der Waals surface area contributed by atoms with Gasteiger partial charge in [-0.25, -0.2) is 0 Å². The first-order chi connectivity index (χ1) is 15.9. The molecule has 4 rings (SSSR count). The molecule has 0 saturated carbocycles. The quantitative estimate of drug-likeness (QED) is 0.654. The van der Waals surface area contributed by atoms with Crippen molar-refractivity contribution < 1.29 is 19.1 Å². The van der Waals surface area contributed by atoms with Crippen LogP contribution in [0.1, 0.15) is 29.8 Å². The first kappa shape index (κ1) is 23.0. The Morgan fingerprint density at radius 3 is 2.48 bits per heavy atom. The van der Waals surface area contributed by atoms with Crippen LogP contribution in [0.15, 0.2) is 59.9 Å². The van der Waals surface area contributed by atoms with Crippen LogP contribution in [0.4, 0.5) is 0 Å². The van der Waals surface area contributed by atoms with Gasteiger partial charge in [0.25, 0.3) is 0 Å². The average Bonchev–Trinajstić information content (AvgIpc) is 3.17. The van der Waals surface area contributed by atoms with Crippen molar-refractivity contribution in [3.63, 3.8) is 0 Å². The number of benzene rings is 2. The van der Waals surface area contributed by atoms with Gasteiger partial charge in [-0.2, -0.15) is 0 Å². The Kier molecular flexibility index (Phi) is 7.11. The summed E-state index contributed by atoms with van der Waals surface area (Å²) in [5, 5.41) is 0. The highest BCUT2D eigenvalue weighted by Crippen LogP contribution is 2.38. The minimum Gasteiger partial charge on any atom is -0.491 e. The molecule has 33 heavy (non-hydrogen) atoms. The van der Waals surface area contributed by atoms with Gasteiger partial charge in [-0.05, 0) is 43.5 Å². The number of allylic oxidation sites excluding steroid dienone is 2. The van der Waals surface area contributed by atoms with Gasteiger partial charge in [0.2, 0.25) is 11.7 Å². The molecule has 7 heteroatoms. The van der Waals surface area contributed by atoms with Crippen LogP contribution in [-0.4, -0.2) is 66.9 Å². The van der Waals surface area contributed by atoms with E-state index in [2.05, 4.69) is 4.90 Å². The number of ketones is 1. The smallest absolute Gasteiger partial charge is 0.239 e. The molecule has 0 aromatic heterocycles. The monoisotopic (exact) mass is 449 g/mol. The number of amides is 1. The summed E-state index contributed by atoms with van der Waals surface area (Å²) in [6.45, 7) is 7.73. The van der Waals surface area contributed by atoms with Gasteiger partial charge in [0.05, 0.1) is 6.04 Å². The molecule has 1 unspecified atom stereocenters. The number of carbonyl (C=O) groups is 2. The largest absolute Gasteiger partial charge is 0.491 e.